The second-order valence-corrected chi connectivity index (χ2v) is 6.45. The Morgan fingerprint density at radius 1 is 1.07 bits per heavy atom. The lowest BCUT2D eigenvalue weighted by Crippen LogP contribution is -2.40. The number of hydrogen-bond acceptors (Lipinski definition) is 5. The largest absolute Gasteiger partial charge is 0.433 e. The summed E-state index contributed by atoms with van der Waals surface area (Å²) in [5.41, 5.74) is -0.971. The Balaban J connectivity index is 0.00000392. The summed E-state index contributed by atoms with van der Waals surface area (Å²) in [5, 5.41) is 9.00. The predicted molar refractivity (Wildman–Crippen MR) is 117 cm³/mol. The van der Waals surface area contributed by atoms with Crippen molar-refractivity contribution in [3.05, 3.63) is 48.3 Å². The first-order valence-corrected chi connectivity index (χ1v) is 9.24. The van der Waals surface area contributed by atoms with E-state index in [-0.39, 0.29) is 29.9 Å². The van der Waals surface area contributed by atoms with Crippen molar-refractivity contribution in [1.82, 2.24) is 20.6 Å². The zero-order valence-corrected chi connectivity index (χ0v) is 18.3. The van der Waals surface area contributed by atoms with E-state index in [9.17, 15) is 13.2 Å². The molecule has 0 aliphatic rings. The maximum atomic E-state index is 12.6. The first-order chi connectivity index (χ1) is 13.0. The van der Waals surface area contributed by atoms with E-state index in [2.05, 4.69) is 43.0 Å². The van der Waals surface area contributed by atoms with Crippen molar-refractivity contribution in [2.45, 2.75) is 11.1 Å². The number of guanidine groups is 1. The van der Waals surface area contributed by atoms with E-state index in [0.29, 0.717) is 19.0 Å². The van der Waals surface area contributed by atoms with Crippen LogP contribution < -0.4 is 16.0 Å². The average Bonchev–Trinajstić information content (AvgIpc) is 2.67. The van der Waals surface area contributed by atoms with Crippen LogP contribution in [0.3, 0.4) is 0 Å². The van der Waals surface area contributed by atoms with Gasteiger partial charge < -0.3 is 16.0 Å². The van der Waals surface area contributed by atoms with Crippen LogP contribution in [0.5, 0.6) is 0 Å². The summed E-state index contributed by atoms with van der Waals surface area (Å²) in [7, 11) is 1.66. The molecule has 3 N–H and O–H groups in total. The number of benzene rings is 1. The van der Waals surface area contributed by atoms with Gasteiger partial charge in [-0.2, -0.15) is 13.2 Å². The van der Waals surface area contributed by atoms with Crippen LogP contribution in [0.2, 0.25) is 0 Å². The predicted octanol–water partition coefficient (Wildman–Crippen LogP) is 3.48. The van der Waals surface area contributed by atoms with E-state index >= 15 is 0 Å². The number of aliphatic imine (C=N–C) groups is 1. The molecule has 0 fully saturated rings. The van der Waals surface area contributed by atoms with Crippen molar-refractivity contribution in [1.29, 1.82) is 0 Å². The summed E-state index contributed by atoms with van der Waals surface area (Å²) in [5.74, 6) is 1.44. The number of halogens is 4. The number of aromatic nitrogens is 2. The van der Waals surface area contributed by atoms with Crippen molar-refractivity contribution in [2.24, 2.45) is 4.99 Å². The molecule has 0 spiro atoms. The molecule has 0 radical (unpaired) electrons. The smallest absolute Gasteiger partial charge is 0.356 e. The van der Waals surface area contributed by atoms with Gasteiger partial charge in [-0.05, 0) is 18.2 Å². The fraction of sp³-hybridized carbons (Fsp3) is 0.353. The highest BCUT2D eigenvalue weighted by Gasteiger charge is 2.32. The summed E-state index contributed by atoms with van der Waals surface area (Å²) >= 11 is 1.74. The van der Waals surface area contributed by atoms with Gasteiger partial charge in [0.15, 0.2) is 5.96 Å². The third kappa shape index (κ3) is 8.95. The zero-order chi connectivity index (χ0) is 19.5. The third-order valence-corrected chi connectivity index (χ3v) is 4.29. The molecule has 0 aliphatic carbocycles. The van der Waals surface area contributed by atoms with Gasteiger partial charge in [0, 0.05) is 43.5 Å². The Morgan fingerprint density at radius 2 is 1.79 bits per heavy atom. The number of anilines is 1. The Kier molecular flexibility index (Phi) is 11.0. The molecule has 1 aromatic carbocycles. The monoisotopic (exact) mass is 526 g/mol. The molecule has 0 amide bonds. The minimum Gasteiger partial charge on any atom is -0.356 e. The average molecular weight is 526 g/mol. The molecule has 2 aromatic rings. The van der Waals surface area contributed by atoms with Crippen LogP contribution in [0.4, 0.5) is 19.1 Å². The van der Waals surface area contributed by atoms with Crippen LogP contribution in [0, 0.1) is 0 Å². The van der Waals surface area contributed by atoms with E-state index in [1.807, 2.05) is 18.2 Å². The molecule has 1 heterocycles. The van der Waals surface area contributed by atoms with Gasteiger partial charge in [0.25, 0.3) is 0 Å². The second kappa shape index (κ2) is 12.6. The number of nitrogens with one attached hydrogen (secondary N) is 3. The Hall–Kier alpha value is -1.76. The van der Waals surface area contributed by atoms with Crippen LogP contribution in [0.15, 0.2) is 52.5 Å². The molecule has 0 saturated heterocycles. The van der Waals surface area contributed by atoms with Gasteiger partial charge in [0.2, 0.25) is 5.95 Å². The van der Waals surface area contributed by atoms with Crippen LogP contribution in [0.1, 0.15) is 5.69 Å². The number of rotatable bonds is 8. The summed E-state index contributed by atoms with van der Waals surface area (Å²) in [6.07, 6.45) is -3.40. The quantitative estimate of drug-likeness (QED) is 0.161. The molecule has 6 nitrogen and oxygen atoms in total. The van der Waals surface area contributed by atoms with Crippen molar-refractivity contribution in [2.75, 3.05) is 37.8 Å². The van der Waals surface area contributed by atoms with Crippen molar-refractivity contribution in [3.63, 3.8) is 0 Å². The molecule has 28 heavy (non-hydrogen) atoms. The first kappa shape index (κ1) is 24.3. The molecule has 0 bridgehead atoms. The van der Waals surface area contributed by atoms with Crippen LogP contribution >= 0.6 is 35.7 Å². The minimum absolute atomic E-state index is 0. The van der Waals surface area contributed by atoms with Crippen molar-refractivity contribution >= 4 is 47.6 Å². The summed E-state index contributed by atoms with van der Waals surface area (Å²) in [4.78, 5) is 12.5. The number of alkyl halides is 3. The highest BCUT2D eigenvalue weighted by Crippen LogP contribution is 2.27. The molecule has 0 unspecified atom stereocenters. The van der Waals surface area contributed by atoms with Crippen LogP contribution in [-0.4, -0.2) is 48.4 Å². The lowest BCUT2D eigenvalue weighted by Gasteiger charge is -2.12. The molecule has 0 aliphatic heterocycles. The highest BCUT2D eigenvalue weighted by atomic mass is 127. The van der Waals surface area contributed by atoms with Gasteiger partial charge in [-0.15, -0.1) is 35.7 Å². The van der Waals surface area contributed by atoms with Gasteiger partial charge in [-0.1, -0.05) is 18.2 Å². The Labute approximate surface area is 183 Å². The fourth-order valence-corrected chi connectivity index (χ4v) is 2.82. The molecular formula is C17H22F3IN6S. The maximum absolute atomic E-state index is 12.6. The Bertz CT molecular complexity index is 730. The molecule has 11 heteroatoms. The zero-order valence-electron chi connectivity index (χ0n) is 15.2. The topological polar surface area (TPSA) is 74.2 Å². The van der Waals surface area contributed by atoms with Gasteiger partial charge in [-0.3, -0.25) is 4.99 Å². The SMILES string of the molecule is CN=C(NCCNc1nccc(C(F)(F)F)n1)NCCSc1ccccc1.I. The summed E-state index contributed by atoms with van der Waals surface area (Å²) in [6, 6.07) is 10.9. The normalized spacial score (nSPS) is 11.5. The van der Waals surface area contributed by atoms with Gasteiger partial charge in [0.1, 0.15) is 5.69 Å². The Morgan fingerprint density at radius 3 is 2.46 bits per heavy atom. The van der Waals surface area contributed by atoms with E-state index in [1.165, 1.54) is 4.90 Å². The maximum Gasteiger partial charge on any atom is 0.433 e. The first-order valence-electron chi connectivity index (χ1n) is 8.25. The third-order valence-electron chi connectivity index (χ3n) is 3.28. The molecule has 2 rings (SSSR count). The van der Waals surface area contributed by atoms with Crippen LogP contribution in [0.25, 0.3) is 0 Å². The molecule has 154 valence electrons. The van der Waals surface area contributed by atoms with E-state index in [1.54, 1.807) is 18.8 Å². The number of nitrogens with zero attached hydrogens (tertiary/aromatic N) is 3. The number of hydrogen-bond donors (Lipinski definition) is 3. The second-order valence-electron chi connectivity index (χ2n) is 5.28. The lowest BCUT2D eigenvalue weighted by molar-refractivity contribution is -0.141. The van der Waals surface area contributed by atoms with Crippen LogP contribution in [-0.2, 0) is 6.18 Å². The summed E-state index contributed by atoms with van der Waals surface area (Å²) in [6.45, 7) is 1.52. The van der Waals surface area contributed by atoms with E-state index < -0.39 is 11.9 Å². The van der Waals surface area contributed by atoms with Crippen molar-refractivity contribution < 1.29 is 13.2 Å². The fourth-order valence-electron chi connectivity index (χ4n) is 2.03. The molecule has 1 aromatic heterocycles. The van der Waals surface area contributed by atoms with Gasteiger partial charge >= 0.3 is 6.18 Å². The lowest BCUT2D eigenvalue weighted by atomic mass is 10.4. The minimum atomic E-state index is -4.48. The highest BCUT2D eigenvalue weighted by molar-refractivity contribution is 14.0. The number of thioether (sulfide) groups is 1. The van der Waals surface area contributed by atoms with E-state index in [4.69, 9.17) is 0 Å². The van der Waals surface area contributed by atoms with Gasteiger partial charge in [-0.25, -0.2) is 9.97 Å². The molecule has 0 atom stereocenters. The van der Waals surface area contributed by atoms with E-state index in [0.717, 1.165) is 24.6 Å². The van der Waals surface area contributed by atoms with Crippen molar-refractivity contribution in [3.8, 4) is 0 Å². The van der Waals surface area contributed by atoms with Gasteiger partial charge in [0.05, 0.1) is 0 Å². The standard InChI is InChI=1S/C17H21F3N6S.HI/c1-21-15(25-11-12-27-13-5-3-2-4-6-13)23-9-10-24-16-22-8-7-14(26-16)17(18,19)20;/h2-8H,9-12H2,1H3,(H2,21,23,25)(H,22,24,26);1H. The summed E-state index contributed by atoms with van der Waals surface area (Å²) < 4.78 is 37.8. The molecule has 0 saturated carbocycles. The molecular weight excluding hydrogens is 504 g/mol.